The van der Waals surface area contributed by atoms with E-state index >= 15 is 0 Å². The Hall–Kier alpha value is -3.10. The van der Waals surface area contributed by atoms with Gasteiger partial charge in [0.15, 0.2) is 0 Å². The number of nitrogens with zero attached hydrogens (tertiary/aromatic N) is 1. The summed E-state index contributed by atoms with van der Waals surface area (Å²) in [6, 6.07) is 15.5. The lowest BCUT2D eigenvalue weighted by molar-refractivity contribution is 0.0934. The first kappa shape index (κ1) is 23.1. The molecule has 0 spiro atoms. The van der Waals surface area contributed by atoms with Crippen LogP contribution in [0.4, 0.5) is 5.69 Å². The van der Waals surface area contributed by atoms with Gasteiger partial charge in [-0.2, -0.15) is 0 Å². The fraction of sp³-hybridized carbons (Fsp3) is 0.320. The number of anilines is 1. The van der Waals surface area contributed by atoms with Gasteiger partial charge in [-0.15, -0.1) is 0 Å². The summed E-state index contributed by atoms with van der Waals surface area (Å²) in [5, 5.41) is 2.99. The minimum absolute atomic E-state index is 0.00454. The lowest BCUT2D eigenvalue weighted by Gasteiger charge is -2.26. The van der Waals surface area contributed by atoms with Crippen LogP contribution in [0.5, 0.6) is 0 Å². The molecule has 7 nitrogen and oxygen atoms in total. The topological polar surface area (TPSA) is 91.6 Å². The number of amides is 1. The molecule has 1 aromatic heterocycles. The number of carbonyl (C=O) groups is 1. The highest BCUT2D eigenvalue weighted by molar-refractivity contribution is 7.92. The van der Waals surface area contributed by atoms with E-state index in [4.69, 9.17) is 4.42 Å². The molecular formula is C25H29N3O4S. The van der Waals surface area contributed by atoms with Gasteiger partial charge in [0, 0.05) is 17.8 Å². The van der Waals surface area contributed by atoms with Crippen molar-refractivity contribution in [3.63, 3.8) is 0 Å². The summed E-state index contributed by atoms with van der Waals surface area (Å²) < 4.78 is 33.8. The summed E-state index contributed by atoms with van der Waals surface area (Å²) in [5.41, 5.74) is 2.41. The molecule has 1 atom stereocenters. The van der Waals surface area contributed by atoms with E-state index in [0.29, 0.717) is 23.4 Å². The van der Waals surface area contributed by atoms with Crippen molar-refractivity contribution in [1.29, 1.82) is 0 Å². The van der Waals surface area contributed by atoms with Crippen LogP contribution in [0.15, 0.2) is 70.2 Å². The molecule has 0 aliphatic carbocycles. The molecule has 2 heterocycles. The third-order valence-corrected chi connectivity index (χ3v) is 7.46. The van der Waals surface area contributed by atoms with Crippen molar-refractivity contribution in [1.82, 2.24) is 10.2 Å². The van der Waals surface area contributed by atoms with Gasteiger partial charge >= 0.3 is 0 Å². The van der Waals surface area contributed by atoms with Crippen LogP contribution in [-0.4, -0.2) is 38.9 Å². The van der Waals surface area contributed by atoms with Crippen LogP contribution < -0.4 is 10.0 Å². The van der Waals surface area contributed by atoms with Gasteiger partial charge in [-0.1, -0.05) is 12.1 Å². The first-order valence-electron chi connectivity index (χ1n) is 11.1. The summed E-state index contributed by atoms with van der Waals surface area (Å²) in [4.78, 5) is 15.3. The van der Waals surface area contributed by atoms with Crippen molar-refractivity contribution >= 4 is 21.6 Å². The normalized spacial score (nSPS) is 15.3. The molecule has 1 aliphatic rings. The molecular weight excluding hydrogens is 438 g/mol. The fourth-order valence-corrected chi connectivity index (χ4v) is 5.52. The van der Waals surface area contributed by atoms with Gasteiger partial charge in [0.25, 0.3) is 15.9 Å². The largest absolute Gasteiger partial charge is 0.468 e. The smallest absolute Gasteiger partial charge is 0.262 e. The Bertz CT molecular complexity index is 1200. The van der Waals surface area contributed by atoms with E-state index in [0.717, 1.165) is 37.3 Å². The Balaban J connectivity index is 1.41. The van der Waals surface area contributed by atoms with Crippen LogP contribution >= 0.6 is 0 Å². The average molecular weight is 468 g/mol. The van der Waals surface area contributed by atoms with Gasteiger partial charge in [0.1, 0.15) is 5.76 Å². The summed E-state index contributed by atoms with van der Waals surface area (Å²) in [6.45, 7) is 6.02. The molecule has 1 aliphatic heterocycles. The summed E-state index contributed by atoms with van der Waals surface area (Å²) in [7, 11) is -3.72. The van der Waals surface area contributed by atoms with Gasteiger partial charge in [-0.3, -0.25) is 14.4 Å². The van der Waals surface area contributed by atoms with E-state index in [9.17, 15) is 13.2 Å². The molecule has 0 saturated carbocycles. The van der Waals surface area contributed by atoms with E-state index < -0.39 is 10.0 Å². The van der Waals surface area contributed by atoms with Crippen LogP contribution in [0.1, 0.15) is 46.1 Å². The zero-order valence-corrected chi connectivity index (χ0v) is 19.7. The number of benzene rings is 2. The molecule has 4 rings (SSSR count). The number of hydrogen-bond donors (Lipinski definition) is 2. The predicted molar refractivity (Wildman–Crippen MR) is 128 cm³/mol. The maximum absolute atomic E-state index is 12.8. The standard InChI is InChI=1S/C25H29N3O4S/c1-18-7-8-19(2)24(16-18)33(30,31)27-21-11-9-20(10-12-21)25(29)26-17-22(23-6-5-15-32-23)28-13-3-4-14-28/h5-12,15-16,22,27H,3-4,13-14,17H2,1-2H3,(H,26,29). The maximum atomic E-state index is 12.8. The van der Waals surface area contributed by atoms with Crippen LogP contribution in [-0.2, 0) is 10.0 Å². The molecule has 3 aromatic rings. The third-order valence-electron chi connectivity index (χ3n) is 5.94. The van der Waals surface area contributed by atoms with Crippen molar-refractivity contribution in [3.05, 3.63) is 83.3 Å². The van der Waals surface area contributed by atoms with E-state index in [1.165, 1.54) is 0 Å². The molecule has 1 saturated heterocycles. The molecule has 33 heavy (non-hydrogen) atoms. The number of rotatable bonds is 8. The quantitative estimate of drug-likeness (QED) is 0.516. The zero-order valence-electron chi connectivity index (χ0n) is 18.9. The second kappa shape index (κ2) is 9.80. The van der Waals surface area contributed by atoms with Crippen molar-refractivity contribution in [3.8, 4) is 0 Å². The number of aryl methyl sites for hydroxylation is 2. The first-order valence-corrected chi connectivity index (χ1v) is 12.6. The highest BCUT2D eigenvalue weighted by Gasteiger charge is 2.26. The predicted octanol–water partition coefficient (Wildman–Crippen LogP) is 4.26. The Kier molecular flexibility index (Phi) is 6.85. The number of nitrogens with one attached hydrogen (secondary N) is 2. The van der Waals surface area contributed by atoms with E-state index in [-0.39, 0.29) is 16.8 Å². The highest BCUT2D eigenvalue weighted by Crippen LogP contribution is 2.25. The second-order valence-electron chi connectivity index (χ2n) is 8.44. The molecule has 0 bridgehead atoms. The van der Waals surface area contributed by atoms with Crippen LogP contribution in [0, 0.1) is 13.8 Å². The Labute approximate surface area is 194 Å². The monoisotopic (exact) mass is 467 g/mol. The number of carbonyl (C=O) groups excluding carboxylic acids is 1. The van der Waals surface area contributed by atoms with Gasteiger partial charge in [-0.05, 0) is 93.4 Å². The number of furan rings is 1. The lowest BCUT2D eigenvalue weighted by Crippen LogP contribution is -2.36. The molecule has 1 fully saturated rings. The molecule has 1 unspecified atom stereocenters. The Morgan fingerprint density at radius 2 is 1.79 bits per heavy atom. The fourth-order valence-electron chi connectivity index (χ4n) is 4.13. The molecule has 174 valence electrons. The number of likely N-dealkylation sites (tertiary alicyclic amines) is 1. The van der Waals surface area contributed by atoms with Crippen molar-refractivity contribution in [2.45, 2.75) is 37.6 Å². The average Bonchev–Trinajstić information content (AvgIpc) is 3.51. The third kappa shape index (κ3) is 5.46. The first-order chi connectivity index (χ1) is 15.8. The van der Waals surface area contributed by atoms with E-state index in [1.54, 1.807) is 49.6 Å². The second-order valence-corrected chi connectivity index (χ2v) is 10.1. The van der Waals surface area contributed by atoms with Gasteiger partial charge < -0.3 is 9.73 Å². The van der Waals surface area contributed by atoms with Gasteiger partial charge in [0.2, 0.25) is 0 Å². The zero-order chi connectivity index (χ0) is 23.4. The molecule has 0 radical (unpaired) electrons. The van der Waals surface area contributed by atoms with Crippen LogP contribution in [0.25, 0.3) is 0 Å². The van der Waals surface area contributed by atoms with E-state index in [1.807, 2.05) is 25.1 Å². The SMILES string of the molecule is Cc1ccc(C)c(S(=O)(=O)Nc2ccc(C(=O)NCC(c3ccco3)N3CCCC3)cc2)c1. The Morgan fingerprint density at radius 3 is 2.45 bits per heavy atom. The van der Waals surface area contributed by atoms with Gasteiger partial charge in [-0.25, -0.2) is 8.42 Å². The summed E-state index contributed by atoms with van der Waals surface area (Å²) >= 11 is 0. The van der Waals surface area contributed by atoms with Crippen molar-refractivity contribution in [2.24, 2.45) is 0 Å². The molecule has 2 N–H and O–H groups in total. The summed E-state index contributed by atoms with van der Waals surface area (Å²) in [6.07, 6.45) is 3.94. The van der Waals surface area contributed by atoms with E-state index in [2.05, 4.69) is 14.9 Å². The Morgan fingerprint density at radius 1 is 1.06 bits per heavy atom. The lowest BCUT2D eigenvalue weighted by atomic mass is 10.1. The summed E-state index contributed by atoms with van der Waals surface area (Å²) in [5.74, 6) is 0.628. The minimum atomic E-state index is -3.72. The molecule has 8 heteroatoms. The maximum Gasteiger partial charge on any atom is 0.262 e. The molecule has 1 amide bonds. The van der Waals surface area contributed by atoms with Crippen molar-refractivity contribution in [2.75, 3.05) is 24.4 Å². The van der Waals surface area contributed by atoms with Crippen LogP contribution in [0.3, 0.4) is 0 Å². The molecule has 2 aromatic carbocycles. The minimum Gasteiger partial charge on any atom is -0.468 e. The number of sulfonamides is 1. The van der Waals surface area contributed by atoms with Gasteiger partial charge in [0.05, 0.1) is 17.2 Å². The highest BCUT2D eigenvalue weighted by atomic mass is 32.2. The van der Waals surface area contributed by atoms with Crippen LogP contribution in [0.2, 0.25) is 0 Å². The van der Waals surface area contributed by atoms with Crippen molar-refractivity contribution < 1.29 is 17.6 Å². The number of hydrogen-bond acceptors (Lipinski definition) is 5.